The summed E-state index contributed by atoms with van der Waals surface area (Å²) < 4.78 is 10.9. The summed E-state index contributed by atoms with van der Waals surface area (Å²) in [5, 5.41) is 20.9. The van der Waals surface area contributed by atoms with Crippen molar-refractivity contribution in [2.24, 2.45) is 17.8 Å². The van der Waals surface area contributed by atoms with E-state index in [1.165, 1.54) is 24.3 Å². The molecule has 0 saturated heterocycles. The summed E-state index contributed by atoms with van der Waals surface area (Å²) in [4.78, 5) is 80.9. The van der Waals surface area contributed by atoms with Gasteiger partial charge in [-0.2, -0.15) is 0 Å². The van der Waals surface area contributed by atoms with Crippen molar-refractivity contribution in [2.45, 2.75) is 117 Å². The summed E-state index contributed by atoms with van der Waals surface area (Å²) in [6.07, 6.45) is 11.9. The molecule has 0 bridgehead atoms. The van der Waals surface area contributed by atoms with Crippen LogP contribution < -0.4 is 26.0 Å². The van der Waals surface area contributed by atoms with Gasteiger partial charge in [-0.3, -0.25) is 24.0 Å². The van der Waals surface area contributed by atoms with Crippen LogP contribution in [0.3, 0.4) is 0 Å². The highest BCUT2D eigenvalue weighted by atomic mass is 16.5. The number of carbonyl (C=O) groups excluding carboxylic acids is 6. The Morgan fingerprint density at radius 1 is 0.914 bits per heavy atom. The van der Waals surface area contributed by atoms with Crippen LogP contribution >= 0.6 is 0 Å². The van der Waals surface area contributed by atoms with E-state index in [1.807, 2.05) is 6.08 Å². The molecule has 3 rings (SSSR count). The number of rotatable bonds is 20. The number of ketones is 1. The number of ether oxygens (including phenoxy) is 2. The predicted octanol–water partition coefficient (Wildman–Crippen LogP) is 5.04. The molecule has 1 aliphatic heterocycles. The largest absolute Gasteiger partial charge is 0.508 e. The van der Waals surface area contributed by atoms with Gasteiger partial charge >= 0.3 is 5.97 Å². The van der Waals surface area contributed by atoms with Crippen molar-refractivity contribution >= 4 is 35.4 Å². The Bertz CT molecular complexity index is 1720. The molecule has 1 heterocycles. The van der Waals surface area contributed by atoms with Gasteiger partial charge in [0, 0.05) is 31.6 Å². The lowest BCUT2D eigenvalue weighted by atomic mass is 9.91. The maximum atomic E-state index is 14.0. The van der Waals surface area contributed by atoms with Crippen LogP contribution in [-0.2, 0) is 46.3 Å². The van der Waals surface area contributed by atoms with Gasteiger partial charge in [-0.25, -0.2) is 4.79 Å². The topological polar surface area (TPSA) is 189 Å². The zero-order valence-electron chi connectivity index (χ0n) is 34.8. The molecule has 316 valence electrons. The molecule has 1 aliphatic rings. The second-order valence-corrected chi connectivity index (χ2v) is 15.5. The molecule has 2 aromatic carbocycles. The van der Waals surface area contributed by atoms with Crippen LogP contribution in [-0.4, -0.2) is 78.4 Å². The molecule has 2 aromatic rings. The van der Waals surface area contributed by atoms with Gasteiger partial charge in [0.15, 0.2) is 5.78 Å². The van der Waals surface area contributed by atoms with Gasteiger partial charge in [0.05, 0.1) is 19.8 Å². The fourth-order valence-corrected chi connectivity index (χ4v) is 6.47. The van der Waals surface area contributed by atoms with Crippen molar-refractivity contribution in [3.05, 3.63) is 84.0 Å². The number of allylic oxidation sites excluding steroid dienone is 1. The van der Waals surface area contributed by atoms with Gasteiger partial charge in [-0.1, -0.05) is 96.4 Å². The number of hydrogen-bond donors (Lipinski definition) is 5. The minimum Gasteiger partial charge on any atom is -0.508 e. The maximum Gasteiger partial charge on any atom is 0.329 e. The standard InChI is InChI=1S/C45H62N4O9/c1-7-8-9-10-11-12-13-14-39(52)46-36(25-31-15-20-34(50)21-16-31)43(54)49-41(29(2)3)38(51)27-33-19-24-40(53)48-42(30(4)5)44(55)47-37(45(56)58-28-33)26-32-17-22-35(57-6)23-18-32/h12-13,15-24,29-30,33,36-37,41-42,50H,7-11,14,25-28H2,1-6H3,(H,46,52)(H,47,55)(H,48,53)(H,49,54)/b13-12-,24-19+/t33-,36-,37-,41-,42-/m0/s1. The number of amides is 4. The number of methoxy groups -OCH3 is 1. The molecule has 0 spiro atoms. The molecular formula is C45H62N4O9. The summed E-state index contributed by atoms with van der Waals surface area (Å²) in [6, 6.07) is 9.28. The Morgan fingerprint density at radius 3 is 2.24 bits per heavy atom. The zero-order valence-corrected chi connectivity index (χ0v) is 34.8. The molecule has 0 aromatic heterocycles. The molecule has 13 nitrogen and oxygen atoms in total. The number of aromatic hydroxyl groups is 1. The molecule has 58 heavy (non-hydrogen) atoms. The van der Waals surface area contributed by atoms with Crippen molar-refractivity contribution in [1.82, 2.24) is 21.3 Å². The predicted molar refractivity (Wildman–Crippen MR) is 222 cm³/mol. The normalized spacial score (nSPS) is 19.2. The Kier molecular flexibility index (Phi) is 19.7. The minimum atomic E-state index is -1.09. The SMILES string of the molecule is CCCCCC/C=C\CC(=O)N[C@@H](Cc1ccc(O)cc1)C(=O)N[C@H](C(=O)C[C@@H]1/C=C/C(=O)N[C@@H](C(C)C)C(=O)N[C@@H](Cc2ccc(OC)cc2)C(=O)OC1)C(C)C. The number of phenols is 1. The minimum absolute atomic E-state index is 0.0597. The van der Waals surface area contributed by atoms with Crippen LogP contribution in [0.4, 0.5) is 0 Å². The monoisotopic (exact) mass is 802 g/mol. The van der Waals surface area contributed by atoms with E-state index in [-0.39, 0.29) is 61.6 Å². The fourth-order valence-electron chi connectivity index (χ4n) is 6.47. The molecule has 0 unspecified atom stereocenters. The molecule has 0 aliphatic carbocycles. The number of Topliss-reactive ketones (excluding diaryl/α,β-unsaturated/α-hetero) is 1. The van der Waals surface area contributed by atoms with Gasteiger partial charge in [0.2, 0.25) is 23.6 Å². The lowest BCUT2D eigenvalue weighted by molar-refractivity contribution is -0.149. The Labute approximate surface area is 342 Å². The third-order valence-corrected chi connectivity index (χ3v) is 9.90. The number of nitrogens with one attached hydrogen (secondary N) is 4. The first-order valence-electron chi connectivity index (χ1n) is 20.3. The lowest BCUT2D eigenvalue weighted by Crippen LogP contribution is -2.54. The van der Waals surface area contributed by atoms with Crippen LogP contribution in [0, 0.1) is 17.8 Å². The Morgan fingerprint density at radius 2 is 1.60 bits per heavy atom. The lowest BCUT2D eigenvalue weighted by Gasteiger charge is -2.27. The number of phenolic OH excluding ortho intramolecular Hbond substituents is 1. The fraction of sp³-hybridized carbons (Fsp3) is 0.511. The van der Waals surface area contributed by atoms with Crippen LogP contribution in [0.1, 0.15) is 90.7 Å². The van der Waals surface area contributed by atoms with Crippen molar-refractivity contribution in [1.29, 1.82) is 0 Å². The molecular weight excluding hydrogens is 741 g/mol. The summed E-state index contributed by atoms with van der Waals surface area (Å²) in [6.45, 7) is 8.98. The maximum absolute atomic E-state index is 14.0. The van der Waals surface area contributed by atoms with E-state index < -0.39 is 53.8 Å². The Balaban J connectivity index is 1.79. The highest BCUT2D eigenvalue weighted by Gasteiger charge is 2.33. The van der Waals surface area contributed by atoms with E-state index in [4.69, 9.17) is 9.47 Å². The third kappa shape index (κ3) is 16.2. The summed E-state index contributed by atoms with van der Waals surface area (Å²) in [5.41, 5.74) is 1.42. The first kappa shape index (κ1) is 46.9. The number of cyclic esters (lactones) is 1. The second-order valence-electron chi connectivity index (χ2n) is 15.5. The van der Waals surface area contributed by atoms with E-state index in [0.29, 0.717) is 11.3 Å². The molecule has 0 fully saturated rings. The number of carbonyl (C=O) groups is 6. The molecule has 13 heteroatoms. The molecule has 5 N–H and O–H groups in total. The van der Waals surface area contributed by atoms with Gasteiger partial charge in [0.25, 0.3) is 0 Å². The average molecular weight is 803 g/mol. The van der Waals surface area contributed by atoms with Crippen LogP contribution in [0.25, 0.3) is 0 Å². The van der Waals surface area contributed by atoms with Crippen LogP contribution in [0.2, 0.25) is 0 Å². The number of unbranched alkanes of at least 4 members (excludes halogenated alkanes) is 4. The van der Waals surface area contributed by atoms with E-state index >= 15 is 0 Å². The number of benzene rings is 2. The van der Waals surface area contributed by atoms with Gasteiger partial charge in [-0.05, 0) is 66.1 Å². The van der Waals surface area contributed by atoms with Gasteiger partial charge < -0.3 is 35.8 Å². The van der Waals surface area contributed by atoms with E-state index in [0.717, 1.165) is 37.7 Å². The van der Waals surface area contributed by atoms with E-state index in [1.54, 1.807) is 77.3 Å². The smallest absolute Gasteiger partial charge is 0.329 e. The first-order chi connectivity index (χ1) is 27.7. The van der Waals surface area contributed by atoms with Crippen molar-refractivity contribution < 1.29 is 43.3 Å². The molecule has 0 saturated carbocycles. The van der Waals surface area contributed by atoms with Gasteiger partial charge in [-0.15, -0.1) is 0 Å². The number of esters is 1. The highest BCUT2D eigenvalue weighted by molar-refractivity contribution is 5.95. The first-order valence-corrected chi connectivity index (χ1v) is 20.3. The third-order valence-electron chi connectivity index (χ3n) is 9.90. The second kappa shape index (κ2) is 24.3. The summed E-state index contributed by atoms with van der Waals surface area (Å²) in [7, 11) is 1.54. The van der Waals surface area contributed by atoms with Crippen molar-refractivity contribution in [2.75, 3.05) is 13.7 Å². The zero-order chi connectivity index (χ0) is 42.6. The van der Waals surface area contributed by atoms with Crippen LogP contribution in [0.5, 0.6) is 11.5 Å². The van der Waals surface area contributed by atoms with Crippen LogP contribution in [0.15, 0.2) is 72.8 Å². The van der Waals surface area contributed by atoms with Gasteiger partial charge in [0.1, 0.15) is 29.6 Å². The average Bonchev–Trinajstić information content (AvgIpc) is 3.19. The molecule has 5 atom stereocenters. The Hall–Kier alpha value is -5.46. The quantitative estimate of drug-likeness (QED) is 0.0694. The van der Waals surface area contributed by atoms with Crippen molar-refractivity contribution in [3.63, 3.8) is 0 Å². The van der Waals surface area contributed by atoms with Crippen molar-refractivity contribution in [3.8, 4) is 11.5 Å². The summed E-state index contributed by atoms with van der Waals surface area (Å²) >= 11 is 0. The van der Waals surface area contributed by atoms with E-state index in [9.17, 15) is 33.9 Å². The molecule has 0 radical (unpaired) electrons. The highest BCUT2D eigenvalue weighted by Crippen LogP contribution is 2.18. The van der Waals surface area contributed by atoms with E-state index in [2.05, 4.69) is 28.2 Å². The number of hydrogen-bond acceptors (Lipinski definition) is 9. The summed E-state index contributed by atoms with van der Waals surface area (Å²) in [5.74, 6) is -3.84. The molecule has 4 amide bonds.